The molecular formula is C4H7ClNO. The standard InChI is InChI=1S/C4H7ClNO/c1-2-3-6(5)4-7/h2-3H2,1H3. The third-order valence-electron chi connectivity index (χ3n) is 0.519. The van der Waals surface area contributed by atoms with Gasteiger partial charge in [0.05, 0.1) is 0 Å². The van der Waals surface area contributed by atoms with Crippen molar-refractivity contribution in [2.24, 2.45) is 0 Å². The van der Waals surface area contributed by atoms with E-state index in [0.717, 1.165) is 10.8 Å². The molecule has 0 aliphatic heterocycles. The van der Waals surface area contributed by atoms with Crippen molar-refractivity contribution in [2.45, 2.75) is 13.3 Å². The fourth-order valence-electron chi connectivity index (χ4n) is 0.242. The number of rotatable bonds is 3. The topological polar surface area (TPSA) is 20.3 Å². The van der Waals surface area contributed by atoms with Crippen molar-refractivity contribution in [3.05, 3.63) is 0 Å². The highest BCUT2D eigenvalue weighted by molar-refractivity contribution is 6.18. The molecule has 0 N–H and O–H groups in total. The number of hydrogen-bond acceptors (Lipinski definition) is 1. The maximum Gasteiger partial charge on any atom is 0.327 e. The molecule has 41 valence electrons. The first kappa shape index (κ1) is 6.76. The molecule has 0 spiro atoms. The van der Waals surface area contributed by atoms with E-state index in [1.54, 1.807) is 0 Å². The first-order valence-corrected chi connectivity index (χ1v) is 2.46. The average molecular weight is 121 g/mol. The third-order valence-corrected chi connectivity index (χ3v) is 0.757. The highest BCUT2D eigenvalue weighted by Gasteiger charge is 1.90. The van der Waals surface area contributed by atoms with Gasteiger partial charge in [-0.2, -0.15) is 0 Å². The van der Waals surface area contributed by atoms with Crippen LogP contribution in [0.4, 0.5) is 0 Å². The van der Waals surface area contributed by atoms with Crippen LogP contribution in [0, 0.1) is 0 Å². The lowest BCUT2D eigenvalue weighted by Crippen LogP contribution is -2.08. The van der Waals surface area contributed by atoms with Crippen molar-refractivity contribution in [3.63, 3.8) is 0 Å². The van der Waals surface area contributed by atoms with Crippen molar-refractivity contribution >= 4 is 18.2 Å². The minimum Gasteiger partial charge on any atom is -0.262 e. The molecule has 0 fully saturated rings. The van der Waals surface area contributed by atoms with Gasteiger partial charge in [0.1, 0.15) is 0 Å². The van der Waals surface area contributed by atoms with Gasteiger partial charge in [0, 0.05) is 18.3 Å². The van der Waals surface area contributed by atoms with Crippen LogP contribution in [0.2, 0.25) is 0 Å². The zero-order chi connectivity index (χ0) is 5.70. The summed E-state index contributed by atoms with van der Waals surface area (Å²) < 4.78 is 0.972. The van der Waals surface area contributed by atoms with Gasteiger partial charge in [-0.1, -0.05) is 6.92 Å². The molecule has 1 amide bonds. The number of hydrogen-bond donors (Lipinski definition) is 0. The van der Waals surface area contributed by atoms with Gasteiger partial charge in [-0.15, -0.1) is 0 Å². The summed E-state index contributed by atoms with van der Waals surface area (Å²) in [5, 5.41) is 0. The largest absolute Gasteiger partial charge is 0.327 e. The Labute approximate surface area is 48.2 Å². The summed E-state index contributed by atoms with van der Waals surface area (Å²) in [5.74, 6) is 0. The van der Waals surface area contributed by atoms with Crippen molar-refractivity contribution in [2.75, 3.05) is 6.54 Å². The smallest absolute Gasteiger partial charge is 0.262 e. The Kier molecular flexibility index (Phi) is 3.80. The Balaban J connectivity index is 2.98. The number of carbonyl (C=O) groups excluding carboxylic acids is 1. The van der Waals surface area contributed by atoms with Crippen LogP contribution in [0.1, 0.15) is 13.3 Å². The Hall–Kier alpha value is -0.240. The Morgan fingerprint density at radius 2 is 2.43 bits per heavy atom. The van der Waals surface area contributed by atoms with E-state index in [0.29, 0.717) is 6.54 Å². The van der Waals surface area contributed by atoms with Crippen molar-refractivity contribution in [3.8, 4) is 0 Å². The fraction of sp³-hybridized carbons (Fsp3) is 0.750. The summed E-state index contributed by atoms with van der Waals surface area (Å²) in [6.45, 7) is 2.51. The van der Waals surface area contributed by atoms with Gasteiger partial charge < -0.3 is 0 Å². The quantitative estimate of drug-likeness (QED) is 0.401. The molecule has 0 aliphatic rings. The normalized spacial score (nSPS) is 8.29. The van der Waals surface area contributed by atoms with Crippen molar-refractivity contribution in [1.29, 1.82) is 0 Å². The van der Waals surface area contributed by atoms with Crippen LogP contribution in [0.3, 0.4) is 0 Å². The molecule has 0 saturated carbocycles. The van der Waals surface area contributed by atoms with Gasteiger partial charge in [-0.05, 0) is 6.42 Å². The maximum absolute atomic E-state index is 9.56. The molecule has 2 nitrogen and oxygen atoms in total. The molecule has 3 heteroatoms. The average Bonchev–Trinajstić information content (AvgIpc) is 1.68. The first-order chi connectivity index (χ1) is 3.31. The van der Waals surface area contributed by atoms with E-state index < -0.39 is 0 Å². The summed E-state index contributed by atoms with van der Waals surface area (Å²) in [5.41, 5.74) is 0. The highest BCUT2D eigenvalue weighted by atomic mass is 35.5. The summed E-state index contributed by atoms with van der Waals surface area (Å²) >= 11 is 5.18. The molecule has 1 radical (unpaired) electrons. The van der Waals surface area contributed by atoms with E-state index in [1.165, 1.54) is 6.41 Å². The molecule has 0 unspecified atom stereocenters. The minimum atomic E-state index is 0.574. The van der Waals surface area contributed by atoms with E-state index >= 15 is 0 Å². The van der Waals surface area contributed by atoms with Gasteiger partial charge in [-0.3, -0.25) is 4.79 Å². The number of nitrogens with zero attached hydrogens (tertiary/aromatic N) is 1. The zero-order valence-corrected chi connectivity index (χ0v) is 4.90. The van der Waals surface area contributed by atoms with E-state index in [4.69, 9.17) is 11.8 Å². The second-order valence-corrected chi connectivity index (χ2v) is 1.59. The lowest BCUT2D eigenvalue weighted by Gasteiger charge is -1.99. The molecule has 0 bridgehead atoms. The maximum atomic E-state index is 9.56. The van der Waals surface area contributed by atoms with Crippen molar-refractivity contribution < 1.29 is 4.79 Å². The van der Waals surface area contributed by atoms with Gasteiger partial charge in [-0.25, -0.2) is 4.42 Å². The minimum absolute atomic E-state index is 0.574. The van der Waals surface area contributed by atoms with Crippen LogP contribution in [-0.2, 0) is 4.79 Å². The number of halogens is 1. The molecule has 0 aromatic heterocycles. The molecule has 0 aromatic rings. The predicted octanol–water partition coefficient (Wildman–Crippen LogP) is 0.919. The second kappa shape index (κ2) is 3.93. The molecule has 7 heavy (non-hydrogen) atoms. The van der Waals surface area contributed by atoms with Gasteiger partial charge in [0.15, 0.2) is 0 Å². The van der Waals surface area contributed by atoms with Crippen molar-refractivity contribution in [1.82, 2.24) is 4.42 Å². The zero-order valence-electron chi connectivity index (χ0n) is 4.15. The molecular weight excluding hydrogens is 114 g/mol. The SMILES string of the molecule is CCCN(Cl)[C]=O. The van der Waals surface area contributed by atoms with E-state index in [2.05, 4.69) is 0 Å². The predicted molar refractivity (Wildman–Crippen MR) is 28.5 cm³/mol. The van der Waals surface area contributed by atoms with E-state index in [-0.39, 0.29) is 0 Å². The molecule has 0 heterocycles. The van der Waals surface area contributed by atoms with Crippen LogP contribution < -0.4 is 0 Å². The molecule has 0 aliphatic carbocycles. The first-order valence-electron chi connectivity index (χ1n) is 2.12. The van der Waals surface area contributed by atoms with Crippen LogP contribution >= 0.6 is 11.8 Å². The molecule has 0 atom stereocenters. The van der Waals surface area contributed by atoms with Gasteiger partial charge >= 0.3 is 6.41 Å². The Morgan fingerprint density at radius 3 is 2.57 bits per heavy atom. The van der Waals surface area contributed by atoms with Crippen LogP contribution in [0.15, 0.2) is 0 Å². The lowest BCUT2D eigenvalue weighted by atomic mass is 10.5. The molecule has 0 rings (SSSR count). The summed E-state index contributed by atoms with van der Waals surface area (Å²) in [6.07, 6.45) is 2.39. The lowest BCUT2D eigenvalue weighted by molar-refractivity contribution is 0.496. The fourth-order valence-corrected chi connectivity index (χ4v) is 0.411. The summed E-state index contributed by atoms with van der Waals surface area (Å²) in [4.78, 5) is 9.56. The summed E-state index contributed by atoms with van der Waals surface area (Å²) in [6, 6.07) is 0. The van der Waals surface area contributed by atoms with Crippen LogP contribution in [0.25, 0.3) is 0 Å². The Morgan fingerprint density at radius 1 is 1.86 bits per heavy atom. The van der Waals surface area contributed by atoms with E-state index in [9.17, 15) is 4.79 Å². The van der Waals surface area contributed by atoms with Gasteiger partial charge in [0.2, 0.25) is 0 Å². The van der Waals surface area contributed by atoms with Gasteiger partial charge in [0.25, 0.3) is 0 Å². The highest BCUT2D eigenvalue weighted by Crippen LogP contribution is 1.88. The molecule has 0 aromatic carbocycles. The monoisotopic (exact) mass is 120 g/mol. The third kappa shape index (κ3) is 3.59. The van der Waals surface area contributed by atoms with E-state index in [1.807, 2.05) is 6.92 Å². The van der Waals surface area contributed by atoms with Crippen LogP contribution in [0.5, 0.6) is 0 Å². The summed E-state index contributed by atoms with van der Waals surface area (Å²) in [7, 11) is 0. The van der Waals surface area contributed by atoms with Crippen LogP contribution in [-0.4, -0.2) is 17.4 Å². The second-order valence-electron chi connectivity index (χ2n) is 1.18. The Bertz CT molecular complexity index is 57.7. The molecule has 0 saturated heterocycles. The number of amides is 1.